The van der Waals surface area contributed by atoms with E-state index >= 15 is 0 Å². The molecule has 0 heterocycles. The lowest BCUT2D eigenvalue weighted by molar-refractivity contribution is -0.244. The van der Waals surface area contributed by atoms with E-state index in [4.69, 9.17) is 4.84 Å². The van der Waals surface area contributed by atoms with Gasteiger partial charge < -0.3 is 15.1 Å². The number of aliphatic hydroxyl groups excluding tert-OH is 1. The van der Waals surface area contributed by atoms with Crippen LogP contribution in [0.15, 0.2) is 0 Å². The first-order valence-electron chi connectivity index (χ1n) is 13.0. The molecule has 4 aliphatic carbocycles. The molecule has 0 bridgehead atoms. The Morgan fingerprint density at radius 2 is 1.68 bits per heavy atom. The number of hydrogen-bond donors (Lipinski definition) is 2. The molecule has 0 aliphatic heterocycles. The van der Waals surface area contributed by atoms with Crippen molar-refractivity contribution in [3.63, 3.8) is 0 Å². The van der Waals surface area contributed by atoms with E-state index in [0.717, 1.165) is 70.9 Å². The predicted octanol–water partition coefficient (Wildman–Crippen LogP) is 4.08. The van der Waals surface area contributed by atoms with Crippen molar-refractivity contribution in [2.75, 3.05) is 34.3 Å². The molecule has 4 rings (SSSR count). The van der Waals surface area contributed by atoms with Gasteiger partial charge in [0.15, 0.2) is 0 Å². The molecule has 0 amide bonds. The number of hydrogen-bond acceptors (Lipinski definition) is 5. The molecule has 5 heteroatoms. The van der Waals surface area contributed by atoms with E-state index in [1.807, 2.05) is 0 Å². The van der Waals surface area contributed by atoms with Crippen LogP contribution in [0.25, 0.3) is 0 Å². The highest BCUT2D eigenvalue weighted by atomic mass is 16.7. The number of unbranched alkanes of at least 4 members (excludes halogenated alkanes) is 1. The van der Waals surface area contributed by atoms with E-state index in [2.05, 4.69) is 45.0 Å². The summed E-state index contributed by atoms with van der Waals surface area (Å²) in [6.07, 6.45) is 11.7. The Kier molecular flexibility index (Phi) is 6.85. The average molecular weight is 437 g/mol. The Morgan fingerprint density at radius 3 is 2.42 bits per heavy atom. The van der Waals surface area contributed by atoms with Crippen LogP contribution in [0.5, 0.6) is 0 Å². The van der Waals surface area contributed by atoms with Gasteiger partial charge in [0.05, 0.1) is 18.3 Å². The zero-order valence-electron chi connectivity index (χ0n) is 20.8. The van der Waals surface area contributed by atoms with Crippen LogP contribution in [0.1, 0.15) is 84.5 Å². The normalized spacial score (nSPS) is 47.3. The van der Waals surface area contributed by atoms with Gasteiger partial charge in [-0.05, 0) is 114 Å². The Labute approximate surface area is 190 Å². The number of hydroxylamine groups is 2. The molecule has 0 aromatic carbocycles. The van der Waals surface area contributed by atoms with Crippen LogP contribution in [0.3, 0.4) is 0 Å². The van der Waals surface area contributed by atoms with Crippen molar-refractivity contribution in [1.82, 2.24) is 9.96 Å². The number of aliphatic hydroxyl groups is 2. The van der Waals surface area contributed by atoms with Gasteiger partial charge in [0, 0.05) is 18.5 Å². The smallest absolute Gasteiger partial charge is 0.0748 e. The molecule has 180 valence electrons. The summed E-state index contributed by atoms with van der Waals surface area (Å²) >= 11 is 0. The van der Waals surface area contributed by atoms with E-state index in [-0.39, 0.29) is 11.5 Å². The SMILES string of the molecule is CN(C)CCCCON(C)C1CC[C@@]2(O)[C@@H]3CCC4CC(O)CC[C@]4(C)[C@@H]3CC[C@]12C. The van der Waals surface area contributed by atoms with Crippen molar-refractivity contribution in [3.8, 4) is 0 Å². The maximum atomic E-state index is 12.3. The largest absolute Gasteiger partial charge is 0.393 e. The Hall–Kier alpha value is -0.200. The lowest BCUT2D eigenvalue weighted by atomic mass is 9.43. The molecule has 4 saturated carbocycles. The summed E-state index contributed by atoms with van der Waals surface area (Å²) in [4.78, 5) is 8.42. The molecule has 0 radical (unpaired) electrons. The second-order valence-electron chi connectivity index (χ2n) is 12.2. The van der Waals surface area contributed by atoms with Gasteiger partial charge in [0.1, 0.15) is 0 Å². The zero-order valence-corrected chi connectivity index (χ0v) is 20.8. The third kappa shape index (κ3) is 4.01. The summed E-state index contributed by atoms with van der Waals surface area (Å²) in [5.41, 5.74) is -0.372. The summed E-state index contributed by atoms with van der Waals surface area (Å²) in [5.74, 6) is 1.64. The quantitative estimate of drug-likeness (QED) is 0.465. The topological polar surface area (TPSA) is 56.2 Å². The van der Waals surface area contributed by atoms with Crippen LogP contribution in [0.4, 0.5) is 0 Å². The molecule has 31 heavy (non-hydrogen) atoms. The van der Waals surface area contributed by atoms with Gasteiger partial charge in [0.2, 0.25) is 0 Å². The monoisotopic (exact) mass is 436 g/mol. The molecule has 8 atom stereocenters. The van der Waals surface area contributed by atoms with Gasteiger partial charge in [0.25, 0.3) is 0 Å². The molecular formula is C26H48N2O3. The number of fused-ring (bicyclic) bond motifs is 5. The number of nitrogens with zero attached hydrogens (tertiary/aromatic N) is 2. The lowest BCUT2D eigenvalue weighted by Crippen LogP contribution is -2.64. The minimum atomic E-state index is -0.576. The summed E-state index contributed by atoms with van der Waals surface area (Å²) in [7, 11) is 6.33. The predicted molar refractivity (Wildman–Crippen MR) is 124 cm³/mol. The molecule has 0 spiro atoms. The fraction of sp³-hybridized carbons (Fsp3) is 1.00. The lowest BCUT2D eigenvalue weighted by Gasteiger charge is -2.63. The molecule has 0 saturated heterocycles. The maximum absolute atomic E-state index is 12.3. The molecule has 5 nitrogen and oxygen atoms in total. The standard InChI is InChI=1S/C26H48N2O3/c1-24-13-10-20(29)18-19(24)8-9-22-21(24)11-14-25(2)23(12-15-26(22,25)30)28(5)31-17-7-6-16-27(3)4/h19-23,29-30H,6-18H2,1-5H3/t19?,20?,21-,22-,23?,24+,25-,26-/m1/s1. The first-order valence-corrected chi connectivity index (χ1v) is 13.0. The minimum absolute atomic E-state index is 0.0933. The van der Waals surface area contributed by atoms with Crippen LogP contribution in [0.2, 0.25) is 0 Å². The van der Waals surface area contributed by atoms with Gasteiger partial charge in [-0.1, -0.05) is 13.8 Å². The van der Waals surface area contributed by atoms with Gasteiger partial charge in [-0.25, -0.2) is 0 Å². The van der Waals surface area contributed by atoms with E-state index < -0.39 is 5.60 Å². The first kappa shape index (κ1) is 23.9. The summed E-state index contributed by atoms with van der Waals surface area (Å²) in [6, 6.07) is 0.297. The van der Waals surface area contributed by atoms with E-state index in [1.54, 1.807) is 0 Å². The van der Waals surface area contributed by atoms with Gasteiger partial charge in [-0.3, -0.25) is 4.84 Å². The second-order valence-corrected chi connectivity index (χ2v) is 12.2. The average Bonchev–Trinajstić information content (AvgIpc) is 2.99. The molecule has 2 N–H and O–H groups in total. The summed E-state index contributed by atoms with van der Waals surface area (Å²) in [5, 5.41) is 24.6. The third-order valence-corrected chi connectivity index (χ3v) is 10.5. The zero-order chi connectivity index (χ0) is 22.4. The maximum Gasteiger partial charge on any atom is 0.0748 e. The molecule has 0 aromatic heterocycles. The van der Waals surface area contributed by atoms with Crippen molar-refractivity contribution in [2.45, 2.75) is 102 Å². The minimum Gasteiger partial charge on any atom is -0.393 e. The molecule has 3 unspecified atom stereocenters. The van der Waals surface area contributed by atoms with Crippen molar-refractivity contribution in [1.29, 1.82) is 0 Å². The fourth-order valence-electron chi connectivity index (χ4n) is 8.59. The molecular weight excluding hydrogens is 388 g/mol. The number of rotatable bonds is 7. The fourth-order valence-corrected chi connectivity index (χ4v) is 8.59. The van der Waals surface area contributed by atoms with Gasteiger partial charge >= 0.3 is 0 Å². The highest BCUT2D eigenvalue weighted by molar-refractivity contribution is 5.18. The highest BCUT2D eigenvalue weighted by Gasteiger charge is 2.67. The summed E-state index contributed by atoms with van der Waals surface area (Å²) < 4.78 is 0. The second kappa shape index (κ2) is 8.87. The Balaban J connectivity index is 1.43. The van der Waals surface area contributed by atoms with E-state index in [0.29, 0.717) is 29.2 Å². The van der Waals surface area contributed by atoms with Crippen molar-refractivity contribution >= 4 is 0 Å². The van der Waals surface area contributed by atoms with Crippen molar-refractivity contribution in [2.24, 2.45) is 28.6 Å². The van der Waals surface area contributed by atoms with Gasteiger partial charge in [-0.2, -0.15) is 5.06 Å². The third-order valence-electron chi connectivity index (χ3n) is 10.5. The van der Waals surface area contributed by atoms with Gasteiger partial charge in [-0.15, -0.1) is 0 Å². The summed E-state index contributed by atoms with van der Waals surface area (Å²) in [6.45, 7) is 6.71. The van der Waals surface area contributed by atoms with Crippen LogP contribution >= 0.6 is 0 Å². The Bertz CT molecular complexity index is 630. The first-order chi connectivity index (χ1) is 14.6. The van der Waals surface area contributed by atoms with Crippen LogP contribution in [-0.4, -0.2) is 72.2 Å². The molecule has 4 aliphatic rings. The van der Waals surface area contributed by atoms with Crippen molar-refractivity contribution < 1.29 is 15.1 Å². The van der Waals surface area contributed by atoms with E-state index in [9.17, 15) is 10.2 Å². The highest BCUT2D eigenvalue weighted by Crippen LogP contribution is 2.68. The molecule has 4 fully saturated rings. The van der Waals surface area contributed by atoms with Crippen LogP contribution in [0, 0.1) is 28.6 Å². The van der Waals surface area contributed by atoms with Crippen LogP contribution in [-0.2, 0) is 4.84 Å². The molecule has 0 aromatic rings. The Morgan fingerprint density at radius 1 is 0.903 bits per heavy atom. The van der Waals surface area contributed by atoms with E-state index in [1.165, 1.54) is 12.8 Å². The van der Waals surface area contributed by atoms with Crippen LogP contribution < -0.4 is 0 Å². The van der Waals surface area contributed by atoms with Crippen molar-refractivity contribution in [3.05, 3.63) is 0 Å².